The summed E-state index contributed by atoms with van der Waals surface area (Å²) in [5, 5.41) is 4.32. The molecule has 0 radical (unpaired) electrons. The highest BCUT2D eigenvalue weighted by Crippen LogP contribution is 2.08. The van der Waals surface area contributed by atoms with Crippen LogP contribution in [0.25, 0.3) is 5.69 Å². The zero-order valence-electron chi connectivity index (χ0n) is 8.63. The van der Waals surface area contributed by atoms with Crippen molar-refractivity contribution in [2.75, 3.05) is 6.54 Å². The monoisotopic (exact) mass is 201 g/mol. The maximum atomic E-state index is 5.47. The molecule has 0 bridgehead atoms. The van der Waals surface area contributed by atoms with E-state index in [4.69, 9.17) is 5.73 Å². The van der Waals surface area contributed by atoms with Gasteiger partial charge in [-0.05, 0) is 37.1 Å². The van der Waals surface area contributed by atoms with Gasteiger partial charge in [-0.1, -0.05) is 18.2 Å². The average molecular weight is 201 g/mol. The molecule has 3 nitrogen and oxygen atoms in total. The summed E-state index contributed by atoms with van der Waals surface area (Å²) in [6.07, 6.45) is 5.98. The number of benzene rings is 1. The Morgan fingerprint density at radius 1 is 1.20 bits per heavy atom. The van der Waals surface area contributed by atoms with Crippen LogP contribution in [-0.2, 0) is 6.42 Å². The second-order valence-corrected chi connectivity index (χ2v) is 3.52. The summed E-state index contributed by atoms with van der Waals surface area (Å²) in [7, 11) is 0. The standard InChI is InChI=1S/C12H15N3/c13-8-4-5-11-9-14-15(10-11)12-6-2-1-3-7-12/h1-3,6-7,9-10H,4-5,8,13H2. The van der Waals surface area contributed by atoms with Gasteiger partial charge in [0.25, 0.3) is 0 Å². The molecule has 78 valence electrons. The molecule has 2 aromatic rings. The van der Waals surface area contributed by atoms with Crippen molar-refractivity contribution < 1.29 is 0 Å². The lowest BCUT2D eigenvalue weighted by Crippen LogP contribution is -1.99. The molecule has 0 aliphatic carbocycles. The largest absolute Gasteiger partial charge is 0.330 e. The van der Waals surface area contributed by atoms with Crippen LogP contribution < -0.4 is 5.73 Å². The SMILES string of the molecule is NCCCc1cnn(-c2ccccc2)c1. The molecule has 0 fully saturated rings. The van der Waals surface area contributed by atoms with Crippen molar-refractivity contribution >= 4 is 0 Å². The first-order chi connectivity index (χ1) is 7.40. The summed E-state index contributed by atoms with van der Waals surface area (Å²) in [5.41, 5.74) is 7.80. The summed E-state index contributed by atoms with van der Waals surface area (Å²) >= 11 is 0. The minimum Gasteiger partial charge on any atom is -0.330 e. The van der Waals surface area contributed by atoms with Crippen LogP contribution in [-0.4, -0.2) is 16.3 Å². The van der Waals surface area contributed by atoms with E-state index in [0.29, 0.717) is 0 Å². The fraction of sp³-hybridized carbons (Fsp3) is 0.250. The first kappa shape index (κ1) is 9.93. The number of para-hydroxylation sites is 1. The molecule has 2 rings (SSSR count). The molecule has 1 heterocycles. The van der Waals surface area contributed by atoms with Crippen LogP contribution in [0.4, 0.5) is 0 Å². The molecule has 3 heteroatoms. The molecule has 2 N–H and O–H groups in total. The van der Waals surface area contributed by atoms with Crippen molar-refractivity contribution in [3.63, 3.8) is 0 Å². The van der Waals surface area contributed by atoms with E-state index in [-0.39, 0.29) is 0 Å². The molecule has 0 spiro atoms. The van der Waals surface area contributed by atoms with Crippen molar-refractivity contribution in [2.24, 2.45) is 5.73 Å². The van der Waals surface area contributed by atoms with Crippen molar-refractivity contribution in [1.29, 1.82) is 0 Å². The molecule has 0 aliphatic rings. The molecular formula is C12H15N3. The zero-order chi connectivity index (χ0) is 10.5. The average Bonchev–Trinajstić information content (AvgIpc) is 2.76. The van der Waals surface area contributed by atoms with E-state index >= 15 is 0 Å². The van der Waals surface area contributed by atoms with Gasteiger partial charge in [-0.3, -0.25) is 0 Å². The summed E-state index contributed by atoms with van der Waals surface area (Å²) in [5.74, 6) is 0. The lowest BCUT2D eigenvalue weighted by Gasteiger charge is -1.98. The number of aromatic nitrogens is 2. The molecule has 1 aromatic heterocycles. The Balaban J connectivity index is 2.14. The smallest absolute Gasteiger partial charge is 0.0645 e. The first-order valence-electron chi connectivity index (χ1n) is 5.19. The highest BCUT2D eigenvalue weighted by molar-refractivity contribution is 5.30. The Bertz CT molecular complexity index is 406. The van der Waals surface area contributed by atoms with Gasteiger partial charge in [0.15, 0.2) is 0 Å². The Morgan fingerprint density at radius 2 is 2.00 bits per heavy atom. The maximum Gasteiger partial charge on any atom is 0.0645 e. The summed E-state index contributed by atoms with van der Waals surface area (Å²) in [4.78, 5) is 0. The number of nitrogens with two attached hydrogens (primary N) is 1. The maximum absolute atomic E-state index is 5.47. The number of aryl methyl sites for hydroxylation is 1. The van der Waals surface area contributed by atoms with Crippen LogP contribution in [0.5, 0.6) is 0 Å². The quantitative estimate of drug-likeness (QED) is 0.819. The van der Waals surface area contributed by atoms with E-state index in [0.717, 1.165) is 25.1 Å². The second kappa shape index (κ2) is 4.75. The minimum atomic E-state index is 0.733. The molecule has 0 saturated heterocycles. The van der Waals surface area contributed by atoms with Crippen LogP contribution in [0.15, 0.2) is 42.7 Å². The Morgan fingerprint density at radius 3 is 2.73 bits per heavy atom. The third-order valence-corrected chi connectivity index (χ3v) is 2.33. The van der Waals surface area contributed by atoms with Gasteiger partial charge >= 0.3 is 0 Å². The Labute approximate surface area is 89.5 Å². The van der Waals surface area contributed by atoms with Gasteiger partial charge in [-0.2, -0.15) is 5.10 Å². The van der Waals surface area contributed by atoms with Gasteiger partial charge in [-0.15, -0.1) is 0 Å². The molecule has 0 amide bonds. The van der Waals surface area contributed by atoms with Crippen molar-refractivity contribution in [1.82, 2.24) is 9.78 Å². The molecule has 0 unspecified atom stereocenters. The molecule has 0 saturated carbocycles. The van der Waals surface area contributed by atoms with Crippen LogP contribution in [0.3, 0.4) is 0 Å². The second-order valence-electron chi connectivity index (χ2n) is 3.52. The van der Waals surface area contributed by atoms with Crippen molar-refractivity contribution in [2.45, 2.75) is 12.8 Å². The first-order valence-corrected chi connectivity index (χ1v) is 5.19. The molecule has 1 aromatic carbocycles. The van der Waals surface area contributed by atoms with Gasteiger partial charge in [-0.25, -0.2) is 4.68 Å². The van der Waals surface area contributed by atoms with Gasteiger partial charge in [0.1, 0.15) is 0 Å². The van der Waals surface area contributed by atoms with Crippen molar-refractivity contribution in [3.05, 3.63) is 48.3 Å². The van der Waals surface area contributed by atoms with Crippen molar-refractivity contribution in [3.8, 4) is 5.69 Å². The highest BCUT2D eigenvalue weighted by atomic mass is 15.3. The van der Waals surface area contributed by atoms with Crippen LogP contribution in [0, 0.1) is 0 Å². The minimum absolute atomic E-state index is 0.733. The fourth-order valence-corrected chi connectivity index (χ4v) is 1.52. The van der Waals surface area contributed by atoms with Crippen LogP contribution in [0.2, 0.25) is 0 Å². The lowest BCUT2D eigenvalue weighted by molar-refractivity contribution is 0.831. The Hall–Kier alpha value is -1.61. The third kappa shape index (κ3) is 2.44. The lowest BCUT2D eigenvalue weighted by atomic mass is 10.2. The summed E-state index contributed by atoms with van der Waals surface area (Å²) < 4.78 is 1.89. The van der Waals surface area contributed by atoms with E-state index < -0.39 is 0 Å². The number of hydrogen-bond donors (Lipinski definition) is 1. The van der Waals surface area contributed by atoms with E-state index in [1.165, 1.54) is 5.56 Å². The van der Waals surface area contributed by atoms with Crippen LogP contribution in [0.1, 0.15) is 12.0 Å². The summed E-state index contributed by atoms with van der Waals surface area (Å²) in [6.45, 7) is 0.733. The van der Waals surface area contributed by atoms with Gasteiger partial charge in [0.2, 0.25) is 0 Å². The topological polar surface area (TPSA) is 43.8 Å². The highest BCUT2D eigenvalue weighted by Gasteiger charge is 1.99. The van der Waals surface area contributed by atoms with Gasteiger partial charge in [0.05, 0.1) is 11.9 Å². The van der Waals surface area contributed by atoms with Gasteiger partial charge in [0, 0.05) is 6.20 Å². The number of rotatable bonds is 4. The van der Waals surface area contributed by atoms with Gasteiger partial charge < -0.3 is 5.73 Å². The Kier molecular flexibility index (Phi) is 3.15. The third-order valence-electron chi connectivity index (χ3n) is 2.33. The predicted molar refractivity (Wildman–Crippen MR) is 60.9 cm³/mol. The molecule has 0 atom stereocenters. The van der Waals surface area contributed by atoms with E-state index in [1.807, 2.05) is 41.2 Å². The number of hydrogen-bond acceptors (Lipinski definition) is 2. The number of nitrogens with zero attached hydrogens (tertiary/aromatic N) is 2. The fourth-order valence-electron chi connectivity index (χ4n) is 1.52. The zero-order valence-corrected chi connectivity index (χ0v) is 8.63. The molecule has 15 heavy (non-hydrogen) atoms. The van der Waals surface area contributed by atoms with E-state index in [2.05, 4.69) is 11.3 Å². The molecular weight excluding hydrogens is 186 g/mol. The van der Waals surface area contributed by atoms with E-state index in [9.17, 15) is 0 Å². The van der Waals surface area contributed by atoms with Crippen LogP contribution >= 0.6 is 0 Å². The normalized spacial score (nSPS) is 10.5. The molecule has 0 aliphatic heterocycles. The summed E-state index contributed by atoms with van der Waals surface area (Å²) in [6, 6.07) is 10.1. The van der Waals surface area contributed by atoms with E-state index in [1.54, 1.807) is 0 Å². The predicted octanol–water partition coefficient (Wildman–Crippen LogP) is 1.76.